The molecule has 1 rings (SSSR count). The third-order valence-corrected chi connectivity index (χ3v) is 16.7. The van der Waals surface area contributed by atoms with Crippen LogP contribution in [0.25, 0.3) is 0 Å². The number of amides is 1. The molecule has 1 saturated heterocycles. The van der Waals surface area contributed by atoms with Crippen molar-refractivity contribution in [2.45, 2.75) is 359 Å². The number of aliphatic hydroxyl groups excluding tert-OH is 5. The van der Waals surface area contributed by atoms with Crippen LogP contribution in [-0.4, -0.2) is 99.6 Å². The number of esters is 1. The predicted molar refractivity (Wildman–Crippen MR) is 375 cm³/mol. The van der Waals surface area contributed by atoms with Crippen molar-refractivity contribution in [2.75, 3.05) is 13.2 Å². The number of unbranched alkanes of at least 4 members (excludes halogenated alkanes) is 32. The lowest BCUT2D eigenvalue weighted by atomic mass is 9.99. The van der Waals surface area contributed by atoms with Crippen LogP contribution in [0.3, 0.4) is 0 Å². The van der Waals surface area contributed by atoms with Crippen LogP contribution >= 0.6 is 0 Å². The fourth-order valence-corrected chi connectivity index (χ4v) is 10.9. The molecular formula is C78H135NO10. The van der Waals surface area contributed by atoms with Crippen LogP contribution < -0.4 is 5.32 Å². The minimum absolute atomic E-state index is 0.117. The Morgan fingerprint density at radius 1 is 0.449 bits per heavy atom. The first-order valence-corrected chi connectivity index (χ1v) is 36.7. The van der Waals surface area contributed by atoms with E-state index in [4.69, 9.17) is 14.2 Å². The Bertz CT molecular complexity index is 1870. The maximum absolute atomic E-state index is 13.5. The van der Waals surface area contributed by atoms with E-state index in [2.05, 4.69) is 123 Å². The molecule has 0 radical (unpaired) electrons. The zero-order valence-electron chi connectivity index (χ0n) is 57.0. The van der Waals surface area contributed by atoms with Gasteiger partial charge in [-0.25, -0.2) is 0 Å². The van der Waals surface area contributed by atoms with Crippen molar-refractivity contribution >= 4 is 11.9 Å². The molecule has 8 unspecified atom stereocenters. The second-order valence-corrected chi connectivity index (χ2v) is 24.9. The average molecular weight is 1250 g/mol. The number of carbonyl (C=O) groups is 2. The van der Waals surface area contributed by atoms with Crippen LogP contribution in [0.2, 0.25) is 0 Å². The van der Waals surface area contributed by atoms with Gasteiger partial charge in [0.15, 0.2) is 12.4 Å². The molecule has 0 aromatic carbocycles. The van der Waals surface area contributed by atoms with E-state index in [1.54, 1.807) is 6.08 Å². The minimum Gasteiger partial charge on any atom is -0.454 e. The molecule has 0 bridgehead atoms. The summed E-state index contributed by atoms with van der Waals surface area (Å²) in [4.78, 5) is 26.7. The number of nitrogens with one attached hydrogen (secondary N) is 1. The molecule has 0 aliphatic carbocycles. The first-order chi connectivity index (χ1) is 43.7. The van der Waals surface area contributed by atoms with Gasteiger partial charge in [0.2, 0.25) is 5.91 Å². The molecule has 11 nitrogen and oxygen atoms in total. The first kappa shape index (κ1) is 83.3. The van der Waals surface area contributed by atoms with E-state index >= 15 is 0 Å². The highest BCUT2D eigenvalue weighted by Gasteiger charge is 2.47. The van der Waals surface area contributed by atoms with Crippen molar-refractivity contribution < 1.29 is 49.3 Å². The van der Waals surface area contributed by atoms with Gasteiger partial charge in [-0.1, -0.05) is 304 Å². The summed E-state index contributed by atoms with van der Waals surface area (Å²) in [7, 11) is 0. The van der Waals surface area contributed by atoms with Gasteiger partial charge in [-0.15, -0.1) is 0 Å². The highest BCUT2D eigenvalue weighted by atomic mass is 16.7. The van der Waals surface area contributed by atoms with Gasteiger partial charge in [0.25, 0.3) is 0 Å². The molecule has 0 aromatic rings. The second kappa shape index (κ2) is 64.4. The Morgan fingerprint density at radius 2 is 0.809 bits per heavy atom. The largest absolute Gasteiger partial charge is 0.454 e. The molecule has 0 saturated carbocycles. The summed E-state index contributed by atoms with van der Waals surface area (Å²) in [6.07, 6.45) is 78.4. The molecule has 11 heteroatoms. The lowest BCUT2D eigenvalue weighted by molar-refractivity contribution is -0.305. The molecule has 0 spiro atoms. The summed E-state index contributed by atoms with van der Waals surface area (Å²) >= 11 is 0. The second-order valence-electron chi connectivity index (χ2n) is 24.9. The average Bonchev–Trinajstić information content (AvgIpc) is 3.72. The quantitative estimate of drug-likeness (QED) is 0.0195. The lowest BCUT2D eigenvalue weighted by Gasteiger charge is -2.41. The third kappa shape index (κ3) is 51.5. The molecular weight excluding hydrogens is 1110 g/mol. The number of hydrogen-bond acceptors (Lipinski definition) is 10. The molecule has 1 fully saturated rings. The Balaban J connectivity index is 2.54. The Morgan fingerprint density at radius 3 is 1.24 bits per heavy atom. The molecule has 1 amide bonds. The van der Waals surface area contributed by atoms with Gasteiger partial charge in [-0.3, -0.25) is 9.59 Å². The van der Waals surface area contributed by atoms with E-state index in [0.29, 0.717) is 12.8 Å². The van der Waals surface area contributed by atoms with Crippen LogP contribution in [0.4, 0.5) is 0 Å². The SMILES string of the molecule is CC/C=C\C/C=C\C/C=C\C/C=C\C/C=C\CCCCCCCCCCC(O)C(=O)NC(COC1OC(CO)C(O)C(O)C1OC(=O)CCCCCCCCCCCCCC/C=C\C/C=C\C/C=C\CCCCC)C(O)/C=C/CCCCCCCCCCC. The molecule has 8 atom stereocenters. The Labute approximate surface area is 545 Å². The monoisotopic (exact) mass is 1250 g/mol. The van der Waals surface area contributed by atoms with Crippen LogP contribution in [0, 0.1) is 0 Å². The van der Waals surface area contributed by atoms with Crippen LogP contribution in [-0.2, 0) is 23.8 Å². The first-order valence-electron chi connectivity index (χ1n) is 36.7. The van der Waals surface area contributed by atoms with Crippen molar-refractivity contribution in [3.05, 3.63) is 109 Å². The normalized spacial score (nSPS) is 18.8. The van der Waals surface area contributed by atoms with Crippen LogP contribution in [0.5, 0.6) is 0 Å². The van der Waals surface area contributed by atoms with Crippen LogP contribution in [0.15, 0.2) is 109 Å². The Kier molecular flexibility index (Phi) is 60.3. The number of hydrogen-bond donors (Lipinski definition) is 6. The lowest BCUT2D eigenvalue weighted by Crippen LogP contribution is -2.61. The third-order valence-electron chi connectivity index (χ3n) is 16.7. The van der Waals surface area contributed by atoms with Crippen LogP contribution in [0.1, 0.15) is 310 Å². The van der Waals surface area contributed by atoms with Gasteiger partial charge in [-0.05, 0) is 109 Å². The fourth-order valence-electron chi connectivity index (χ4n) is 10.9. The van der Waals surface area contributed by atoms with Crippen molar-refractivity contribution in [1.29, 1.82) is 0 Å². The van der Waals surface area contributed by atoms with Gasteiger partial charge in [0.1, 0.15) is 24.4 Å². The van der Waals surface area contributed by atoms with E-state index in [-0.39, 0.29) is 19.4 Å². The zero-order chi connectivity index (χ0) is 64.6. The van der Waals surface area contributed by atoms with Gasteiger partial charge < -0.3 is 45.1 Å². The van der Waals surface area contributed by atoms with Gasteiger partial charge in [0.05, 0.1) is 25.4 Å². The molecule has 89 heavy (non-hydrogen) atoms. The minimum atomic E-state index is -1.62. The molecule has 1 heterocycles. The number of ether oxygens (including phenoxy) is 3. The summed E-state index contributed by atoms with van der Waals surface area (Å²) < 4.78 is 17.7. The molecule has 1 aliphatic heterocycles. The number of carbonyl (C=O) groups excluding carboxylic acids is 2. The molecule has 512 valence electrons. The van der Waals surface area contributed by atoms with E-state index in [0.717, 1.165) is 116 Å². The van der Waals surface area contributed by atoms with Crippen molar-refractivity contribution in [2.24, 2.45) is 0 Å². The van der Waals surface area contributed by atoms with Gasteiger partial charge >= 0.3 is 5.97 Å². The topological polar surface area (TPSA) is 175 Å². The summed E-state index contributed by atoms with van der Waals surface area (Å²) in [6.45, 7) is 5.66. The predicted octanol–water partition coefficient (Wildman–Crippen LogP) is 19.2. The van der Waals surface area contributed by atoms with Gasteiger partial charge in [-0.2, -0.15) is 0 Å². The smallest absolute Gasteiger partial charge is 0.306 e. The van der Waals surface area contributed by atoms with Crippen molar-refractivity contribution in [3.63, 3.8) is 0 Å². The number of allylic oxidation sites excluding steroid dienone is 17. The van der Waals surface area contributed by atoms with E-state index < -0.39 is 67.4 Å². The standard InChI is InChI=1S/C78H135NO10/c1-4-7-10-13-16-19-22-24-26-28-30-32-34-36-38-40-42-44-46-48-51-54-57-60-63-66-73(83)89-76-75(85)74(84)72(67-80)88-78(76)87-68-69(70(81)64-61-58-55-52-49-21-18-15-12-9-6-3)79-77(86)71(82)65-62-59-56-53-50-47-45-43-41-39-37-35-33-31-29-27-25-23-20-17-14-11-8-5-2/h8,11,16-17,19-20,24-27,30-33,37,39,61,64,69-72,74-76,78,80-82,84-85H,4-7,9-10,12-15,18,21-23,28-29,34-36,38,40-60,62-63,65-68H2,1-3H3,(H,79,86)/b11-8-,19-16-,20-17-,26-24-,27-25-,32-30-,33-31-,39-37-,64-61+. The highest BCUT2D eigenvalue weighted by Crippen LogP contribution is 2.26. The number of rotatable bonds is 62. The van der Waals surface area contributed by atoms with E-state index in [9.17, 15) is 35.1 Å². The molecule has 6 N–H and O–H groups in total. The maximum atomic E-state index is 13.5. The van der Waals surface area contributed by atoms with E-state index in [1.165, 1.54) is 148 Å². The van der Waals surface area contributed by atoms with Crippen molar-refractivity contribution in [3.8, 4) is 0 Å². The van der Waals surface area contributed by atoms with Gasteiger partial charge in [0, 0.05) is 6.42 Å². The number of aliphatic hydroxyl groups is 5. The summed E-state index contributed by atoms with van der Waals surface area (Å²) in [6, 6.07) is -1.03. The highest BCUT2D eigenvalue weighted by molar-refractivity contribution is 5.80. The molecule has 0 aromatic heterocycles. The summed E-state index contributed by atoms with van der Waals surface area (Å²) in [5.41, 5.74) is 0. The van der Waals surface area contributed by atoms with Crippen molar-refractivity contribution in [1.82, 2.24) is 5.32 Å². The van der Waals surface area contributed by atoms with E-state index in [1.807, 2.05) is 6.08 Å². The molecule has 1 aliphatic rings. The maximum Gasteiger partial charge on any atom is 0.306 e. The summed E-state index contributed by atoms with van der Waals surface area (Å²) in [5, 5.41) is 57.3. The Hall–Kier alpha value is -3.68. The fraction of sp³-hybridized carbons (Fsp3) is 0.744. The zero-order valence-corrected chi connectivity index (χ0v) is 57.0. The summed E-state index contributed by atoms with van der Waals surface area (Å²) in [5.74, 6) is -1.20.